The molecule has 0 spiro atoms. The number of carbonyl (C=O) groups is 2. The lowest BCUT2D eigenvalue weighted by molar-refractivity contribution is -0.136. The van der Waals surface area contributed by atoms with Crippen LogP contribution in [-0.4, -0.2) is 18.5 Å². The Kier molecular flexibility index (Phi) is 6.45. The van der Waals surface area contributed by atoms with Gasteiger partial charge in [0.2, 0.25) is 5.91 Å². The summed E-state index contributed by atoms with van der Waals surface area (Å²) in [5, 5.41) is 2.65. The SMILES string of the molecule is CC(=O)Nc1ccc(OC(=O)COc2ccc(-c3ccccc3)cc2Br)cc1. The van der Waals surface area contributed by atoms with Crippen molar-refractivity contribution in [2.75, 3.05) is 11.9 Å². The Morgan fingerprint density at radius 2 is 1.64 bits per heavy atom. The normalized spacial score (nSPS) is 10.2. The van der Waals surface area contributed by atoms with Gasteiger partial charge in [-0.15, -0.1) is 0 Å². The average molecular weight is 440 g/mol. The first-order valence-corrected chi connectivity index (χ1v) is 9.36. The minimum absolute atomic E-state index is 0.165. The Morgan fingerprint density at radius 1 is 0.929 bits per heavy atom. The molecule has 3 aromatic carbocycles. The number of nitrogens with one attached hydrogen (secondary N) is 1. The van der Waals surface area contributed by atoms with Gasteiger partial charge in [0, 0.05) is 12.6 Å². The molecule has 142 valence electrons. The maximum atomic E-state index is 12.0. The molecule has 0 aliphatic carbocycles. The van der Waals surface area contributed by atoms with Gasteiger partial charge in [-0.05, 0) is 63.5 Å². The van der Waals surface area contributed by atoms with E-state index in [4.69, 9.17) is 9.47 Å². The molecule has 6 heteroatoms. The number of benzene rings is 3. The zero-order valence-corrected chi connectivity index (χ0v) is 16.7. The minimum atomic E-state index is -0.522. The Hall–Kier alpha value is -3.12. The van der Waals surface area contributed by atoms with Crippen molar-refractivity contribution in [3.05, 3.63) is 77.3 Å². The van der Waals surface area contributed by atoms with Crippen LogP contribution in [0.1, 0.15) is 6.92 Å². The van der Waals surface area contributed by atoms with E-state index in [2.05, 4.69) is 21.2 Å². The summed E-state index contributed by atoms with van der Waals surface area (Å²) < 4.78 is 11.5. The lowest BCUT2D eigenvalue weighted by Gasteiger charge is -2.10. The molecule has 0 bridgehead atoms. The molecular formula is C22H18BrNO4. The van der Waals surface area contributed by atoms with Crippen molar-refractivity contribution in [2.24, 2.45) is 0 Å². The first-order chi connectivity index (χ1) is 13.5. The van der Waals surface area contributed by atoms with Gasteiger partial charge in [-0.1, -0.05) is 36.4 Å². The van der Waals surface area contributed by atoms with E-state index in [0.717, 1.165) is 15.6 Å². The lowest BCUT2D eigenvalue weighted by Crippen LogP contribution is -2.17. The van der Waals surface area contributed by atoms with Gasteiger partial charge >= 0.3 is 5.97 Å². The molecule has 0 aromatic heterocycles. The Morgan fingerprint density at radius 3 is 2.29 bits per heavy atom. The largest absolute Gasteiger partial charge is 0.481 e. The Balaban J connectivity index is 1.56. The van der Waals surface area contributed by atoms with Gasteiger partial charge in [-0.2, -0.15) is 0 Å². The second kappa shape index (κ2) is 9.19. The maximum absolute atomic E-state index is 12.0. The van der Waals surface area contributed by atoms with Crippen molar-refractivity contribution >= 4 is 33.5 Å². The van der Waals surface area contributed by atoms with E-state index in [9.17, 15) is 9.59 Å². The van der Waals surface area contributed by atoms with Gasteiger partial charge < -0.3 is 14.8 Å². The predicted octanol–water partition coefficient (Wildman–Crippen LogP) is 5.06. The van der Waals surface area contributed by atoms with Crippen LogP contribution in [0.5, 0.6) is 11.5 Å². The van der Waals surface area contributed by atoms with Gasteiger partial charge in [0.25, 0.3) is 0 Å². The highest BCUT2D eigenvalue weighted by Gasteiger charge is 2.10. The van der Waals surface area contributed by atoms with Gasteiger partial charge in [0.1, 0.15) is 11.5 Å². The van der Waals surface area contributed by atoms with E-state index in [0.29, 0.717) is 17.2 Å². The molecule has 0 saturated heterocycles. The molecule has 3 aromatic rings. The monoisotopic (exact) mass is 439 g/mol. The molecule has 0 radical (unpaired) electrons. The highest BCUT2D eigenvalue weighted by molar-refractivity contribution is 9.10. The van der Waals surface area contributed by atoms with Gasteiger partial charge in [0.05, 0.1) is 4.47 Å². The molecule has 0 heterocycles. The summed E-state index contributed by atoms with van der Waals surface area (Å²) in [7, 11) is 0. The van der Waals surface area contributed by atoms with Crippen molar-refractivity contribution in [1.82, 2.24) is 0 Å². The molecule has 0 saturated carbocycles. The summed E-state index contributed by atoms with van der Waals surface area (Å²) in [5.41, 5.74) is 2.77. The third-order valence-corrected chi connectivity index (χ3v) is 4.41. The molecule has 28 heavy (non-hydrogen) atoms. The summed E-state index contributed by atoms with van der Waals surface area (Å²) >= 11 is 3.48. The molecule has 1 amide bonds. The van der Waals surface area contributed by atoms with Crippen LogP contribution in [0.2, 0.25) is 0 Å². The van der Waals surface area contributed by atoms with Crippen LogP contribution >= 0.6 is 15.9 Å². The van der Waals surface area contributed by atoms with Crippen molar-refractivity contribution in [3.8, 4) is 22.6 Å². The number of rotatable bonds is 6. The van der Waals surface area contributed by atoms with E-state index in [1.54, 1.807) is 24.3 Å². The number of esters is 1. The van der Waals surface area contributed by atoms with E-state index in [1.807, 2.05) is 48.5 Å². The highest BCUT2D eigenvalue weighted by atomic mass is 79.9. The van der Waals surface area contributed by atoms with Crippen molar-refractivity contribution < 1.29 is 19.1 Å². The van der Waals surface area contributed by atoms with E-state index >= 15 is 0 Å². The Labute approximate surface area is 171 Å². The van der Waals surface area contributed by atoms with Crippen molar-refractivity contribution in [3.63, 3.8) is 0 Å². The fourth-order valence-electron chi connectivity index (χ4n) is 2.54. The maximum Gasteiger partial charge on any atom is 0.349 e. The lowest BCUT2D eigenvalue weighted by atomic mass is 10.1. The summed E-state index contributed by atoms with van der Waals surface area (Å²) in [6, 6.07) is 22.2. The number of anilines is 1. The first kappa shape index (κ1) is 19.6. The second-order valence-corrected chi connectivity index (χ2v) is 6.83. The van der Waals surface area contributed by atoms with Crippen LogP contribution in [-0.2, 0) is 9.59 Å². The van der Waals surface area contributed by atoms with Gasteiger partial charge in [-0.25, -0.2) is 4.79 Å². The molecular weight excluding hydrogens is 422 g/mol. The topological polar surface area (TPSA) is 64.6 Å². The molecule has 0 aliphatic rings. The zero-order chi connectivity index (χ0) is 19.9. The number of hydrogen-bond acceptors (Lipinski definition) is 4. The third kappa shape index (κ3) is 5.44. The molecule has 1 N–H and O–H groups in total. The molecule has 5 nitrogen and oxygen atoms in total. The van der Waals surface area contributed by atoms with E-state index in [-0.39, 0.29) is 12.5 Å². The second-order valence-electron chi connectivity index (χ2n) is 5.98. The quantitative estimate of drug-likeness (QED) is 0.430. The van der Waals surface area contributed by atoms with Crippen LogP contribution in [0.4, 0.5) is 5.69 Å². The zero-order valence-electron chi connectivity index (χ0n) is 15.1. The molecule has 3 rings (SSSR count). The fraction of sp³-hybridized carbons (Fsp3) is 0.0909. The smallest absolute Gasteiger partial charge is 0.349 e. The van der Waals surface area contributed by atoms with Crippen LogP contribution < -0.4 is 14.8 Å². The Bertz CT molecular complexity index is 972. The number of ether oxygens (including phenoxy) is 2. The fourth-order valence-corrected chi connectivity index (χ4v) is 3.03. The summed E-state index contributed by atoms with van der Waals surface area (Å²) in [6.45, 7) is 1.20. The number of carbonyl (C=O) groups excluding carboxylic acids is 2. The standard InChI is InChI=1S/C22H18BrNO4/c1-15(25)24-18-8-10-19(11-9-18)28-22(26)14-27-21-12-7-17(13-20(21)23)16-5-3-2-4-6-16/h2-13H,14H2,1H3,(H,24,25). The van der Waals surface area contributed by atoms with E-state index in [1.165, 1.54) is 6.92 Å². The van der Waals surface area contributed by atoms with Crippen molar-refractivity contribution in [2.45, 2.75) is 6.92 Å². The van der Waals surface area contributed by atoms with Gasteiger partial charge in [0.15, 0.2) is 6.61 Å². The van der Waals surface area contributed by atoms with Crippen LogP contribution in [0.25, 0.3) is 11.1 Å². The average Bonchev–Trinajstić information content (AvgIpc) is 2.69. The number of hydrogen-bond donors (Lipinski definition) is 1. The molecule has 0 fully saturated rings. The number of amides is 1. The highest BCUT2D eigenvalue weighted by Crippen LogP contribution is 2.30. The van der Waals surface area contributed by atoms with Crippen molar-refractivity contribution in [1.29, 1.82) is 0 Å². The molecule has 0 aliphatic heterocycles. The summed E-state index contributed by atoms with van der Waals surface area (Å²) in [6.07, 6.45) is 0. The molecule has 0 unspecified atom stereocenters. The van der Waals surface area contributed by atoms with E-state index < -0.39 is 5.97 Å². The van der Waals surface area contributed by atoms with Crippen LogP contribution in [0.15, 0.2) is 77.3 Å². The number of halogens is 1. The van der Waals surface area contributed by atoms with Crippen LogP contribution in [0, 0.1) is 0 Å². The molecule has 0 atom stereocenters. The van der Waals surface area contributed by atoms with Crippen LogP contribution in [0.3, 0.4) is 0 Å². The summed E-state index contributed by atoms with van der Waals surface area (Å²) in [5.74, 6) is 0.243. The minimum Gasteiger partial charge on any atom is -0.481 e. The van der Waals surface area contributed by atoms with Gasteiger partial charge in [-0.3, -0.25) is 4.79 Å². The predicted molar refractivity (Wildman–Crippen MR) is 111 cm³/mol. The third-order valence-electron chi connectivity index (χ3n) is 3.79. The summed E-state index contributed by atoms with van der Waals surface area (Å²) in [4.78, 5) is 23.0. The first-order valence-electron chi connectivity index (χ1n) is 8.57.